The fourth-order valence-electron chi connectivity index (χ4n) is 1.72. The number of nitrogens with zero attached hydrogens (tertiary/aromatic N) is 2. The number of carbonyl (C=O) groups is 1. The SMILES string of the molecule is NS(=O)(=O)C1CN(C(=O)Nc2ccc([N+](=O)[O-])cc2Cl)C1. The zero-order valence-electron chi connectivity index (χ0n) is 10.5. The van der Waals surface area contributed by atoms with Gasteiger partial charge in [0.2, 0.25) is 10.0 Å². The molecule has 0 radical (unpaired) electrons. The number of halogens is 1. The zero-order valence-corrected chi connectivity index (χ0v) is 12.1. The van der Waals surface area contributed by atoms with E-state index in [2.05, 4.69) is 5.32 Å². The lowest BCUT2D eigenvalue weighted by atomic mass is 10.2. The lowest BCUT2D eigenvalue weighted by Gasteiger charge is -2.37. The van der Waals surface area contributed by atoms with Gasteiger partial charge in [0.05, 0.1) is 15.6 Å². The van der Waals surface area contributed by atoms with E-state index in [1.54, 1.807) is 0 Å². The Kier molecular flexibility index (Phi) is 4.03. The molecule has 0 atom stereocenters. The molecule has 0 spiro atoms. The van der Waals surface area contributed by atoms with Crippen LogP contribution in [-0.4, -0.2) is 42.6 Å². The molecule has 0 bridgehead atoms. The number of nitrogens with one attached hydrogen (secondary N) is 1. The summed E-state index contributed by atoms with van der Waals surface area (Å²) in [4.78, 5) is 23.0. The van der Waals surface area contributed by atoms with E-state index in [-0.39, 0.29) is 29.5 Å². The van der Waals surface area contributed by atoms with E-state index in [0.717, 1.165) is 6.07 Å². The van der Waals surface area contributed by atoms with Crippen LogP contribution in [0.15, 0.2) is 18.2 Å². The summed E-state index contributed by atoms with van der Waals surface area (Å²) in [6.45, 7) is -0.00939. The van der Waals surface area contributed by atoms with Crippen molar-refractivity contribution in [2.75, 3.05) is 18.4 Å². The van der Waals surface area contributed by atoms with Gasteiger partial charge < -0.3 is 10.2 Å². The number of amides is 2. The van der Waals surface area contributed by atoms with Gasteiger partial charge in [0.15, 0.2) is 0 Å². The van der Waals surface area contributed by atoms with Crippen LogP contribution in [-0.2, 0) is 10.0 Å². The second-order valence-corrected chi connectivity index (χ2v) is 6.72. The molecule has 1 saturated heterocycles. The van der Waals surface area contributed by atoms with Crippen molar-refractivity contribution in [2.45, 2.75) is 5.25 Å². The number of rotatable bonds is 3. The first-order chi connectivity index (χ1) is 9.68. The number of nitrogens with two attached hydrogens (primary N) is 1. The first-order valence-corrected chi connectivity index (χ1v) is 7.68. The molecule has 1 fully saturated rings. The molecule has 9 nitrogen and oxygen atoms in total. The maximum atomic E-state index is 11.8. The highest BCUT2D eigenvalue weighted by molar-refractivity contribution is 7.89. The summed E-state index contributed by atoms with van der Waals surface area (Å²) in [5.74, 6) is 0. The molecule has 21 heavy (non-hydrogen) atoms. The predicted octanol–water partition coefficient (Wildman–Crippen LogP) is 0.753. The number of carbonyl (C=O) groups excluding carboxylic acids is 1. The molecule has 1 aliphatic rings. The van der Waals surface area contributed by atoms with Gasteiger partial charge in [0.25, 0.3) is 5.69 Å². The minimum atomic E-state index is -3.65. The number of urea groups is 1. The molecular formula is C10H11ClN4O5S. The van der Waals surface area contributed by atoms with Crippen molar-refractivity contribution in [1.29, 1.82) is 0 Å². The Morgan fingerprint density at radius 3 is 2.57 bits per heavy atom. The number of nitro benzene ring substituents is 1. The Hall–Kier alpha value is -1.91. The Balaban J connectivity index is 2.00. The first-order valence-electron chi connectivity index (χ1n) is 5.70. The number of anilines is 1. The van der Waals surface area contributed by atoms with E-state index in [1.165, 1.54) is 17.0 Å². The van der Waals surface area contributed by atoms with Crippen LogP contribution in [0.25, 0.3) is 0 Å². The highest BCUT2D eigenvalue weighted by atomic mass is 35.5. The third-order valence-corrected chi connectivity index (χ3v) is 4.55. The maximum Gasteiger partial charge on any atom is 0.321 e. The average Bonchev–Trinajstić information content (AvgIpc) is 2.27. The molecule has 1 aliphatic heterocycles. The molecule has 11 heteroatoms. The van der Waals surface area contributed by atoms with Gasteiger partial charge in [-0.15, -0.1) is 0 Å². The largest absolute Gasteiger partial charge is 0.322 e. The van der Waals surface area contributed by atoms with Crippen molar-refractivity contribution in [1.82, 2.24) is 4.90 Å². The predicted molar refractivity (Wildman–Crippen MR) is 75.6 cm³/mol. The molecule has 0 aromatic heterocycles. The second kappa shape index (κ2) is 5.47. The molecule has 0 aliphatic carbocycles. The van der Waals surface area contributed by atoms with Crippen LogP contribution in [0.1, 0.15) is 0 Å². The number of non-ortho nitro benzene ring substituents is 1. The molecule has 2 amide bonds. The molecule has 3 N–H and O–H groups in total. The summed E-state index contributed by atoms with van der Waals surface area (Å²) in [5.41, 5.74) is 0.00237. The van der Waals surface area contributed by atoms with Gasteiger partial charge in [-0.25, -0.2) is 18.4 Å². The topological polar surface area (TPSA) is 136 Å². The van der Waals surface area contributed by atoms with Crippen LogP contribution >= 0.6 is 11.6 Å². The van der Waals surface area contributed by atoms with Crippen molar-refractivity contribution in [3.63, 3.8) is 0 Å². The highest BCUT2D eigenvalue weighted by Crippen LogP contribution is 2.27. The highest BCUT2D eigenvalue weighted by Gasteiger charge is 2.38. The monoisotopic (exact) mass is 334 g/mol. The molecule has 1 aromatic rings. The minimum absolute atomic E-state index is 0.00470. The molecule has 114 valence electrons. The van der Waals surface area contributed by atoms with E-state index >= 15 is 0 Å². The van der Waals surface area contributed by atoms with Crippen LogP contribution in [0.4, 0.5) is 16.2 Å². The van der Waals surface area contributed by atoms with Gasteiger partial charge in [0.1, 0.15) is 5.25 Å². The number of primary sulfonamides is 1. The normalized spacial score (nSPS) is 15.4. The zero-order chi connectivity index (χ0) is 15.8. The van der Waals surface area contributed by atoms with Gasteiger partial charge in [0, 0.05) is 25.2 Å². The summed E-state index contributed by atoms with van der Waals surface area (Å²) in [5, 5.41) is 17.2. The molecular weight excluding hydrogens is 324 g/mol. The van der Waals surface area contributed by atoms with E-state index in [9.17, 15) is 23.3 Å². The van der Waals surface area contributed by atoms with E-state index in [0.29, 0.717) is 0 Å². The lowest BCUT2D eigenvalue weighted by molar-refractivity contribution is -0.384. The van der Waals surface area contributed by atoms with Crippen LogP contribution in [0.5, 0.6) is 0 Å². The fraction of sp³-hybridized carbons (Fsp3) is 0.300. The van der Waals surface area contributed by atoms with E-state index in [4.69, 9.17) is 16.7 Å². The summed E-state index contributed by atoms with van der Waals surface area (Å²) < 4.78 is 22.1. The number of likely N-dealkylation sites (tertiary alicyclic amines) is 1. The smallest absolute Gasteiger partial charge is 0.321 e. The van der Waals surface area contributed by atoms with Gasteiger partial charge in [-0.3, -0.25) is 10.1 Å². The number of hydrogen-bond acceptors (Lipinski definition) is 5. The van der Waals surface area contributed by atoms with Crippen molar-refractivity contribution in [3.05, 3.63) is 33.3 Å². The van der Waals surface area contributed by atoms with Crippen molar-refractivity contribution >= 4 is 39.0 Å². The Bertz CT molecular complexity index is 701. The number of nitro groups is 1. The van der Waals surface area contributed by atoms with Gasteiger partial charge in [-0.2, -0.15) is 0 Å². The van der Waals surface area contributed by atoms with E-state index < -0.39 is 26.2 Å². The summed E-state index contributed by atoms with van der Waals surface area (Å²) >= 11 is 5.83. The summed E-state index contributed by atoms with van der Waals surface area (Å²) in [6.07, 6.45) is 0. The average molecular weight is 335 g/mol. The standard InChI is InChI=1S/C10H11ClN4O5S/c11-8-3-6(15(17)18)1-2-9(8)13-10(16)14-4-7(5-14)21(12,19)20/h1-3,7H,4-5H2,(H,13,16)(H2,12,19,20). The van der Waals surface area contributed by atoms with Crippen LogP contribution in [0.2, 0.25) is 5.02 Å². The Morgan fingerprint density at radius 1 is 1.48 bits per heavy atom. The second-order valence-electron chi connectivity index (χ2n) is 4.47. The lowest BCUT2D eigenvalue weighted by Crippen LogP contribution is -2.59. The number of sulfonamides is 1. The summed E-state index contributed by atoms with van der Waals surface area (Å²) in [7, 11) is -3.65. The van der Waals surface area contributed by atoms with Gasteiger partial charge >= 0.3 is 6.03 Å². The summed E-state index contributed by atoms with van der Waals surface area (Å²) in [6, 6.07) is 3.06. The number of benzene rings is 1. The van der Waals surface area contributed by atoms with Crippen LogP contribution in [0.3, 0.4) is 0 Å². The van der Waals surface area contributed by atoms with Crippen molar-refractivity contribution < 1.29 is 18.1 Å². The maximum absolute atomic E-state index is 11.8. The van der Waals surface area contributed by atoms with Crippen molar-refractivity contribution in [3.8, 4) is 0 Å². The third-order valence-electron chi connectivity index (χ3n) is 3.00. The quantitative estimate of drug-likeness (QED) is 0.621. The molecule has 0 unspecified atom stereocenters. The third kappa shape index (κ3) is 3.40. The van der Waals surface area contributed by atoms with Crippen LogP contribution < -0.4 is 10.5 Å². The fourth-order valence-corrected chi connectivity index (χ4v) is 2.72. The molecule has 2 rings (SSSR count). The van der Waals surface area contributed by atoms with E-state index in [1.807, 2.05) is 0 Å². The number of hydrogen-bond donors (Lipinski definition) is 2. The first kappa shape index (κ1) is 15.5. The molecule has 0 saturated carbocycles. The van der Waals surface area contributed by atoms with Crippen molar-refractivity contribution in [2.24, 2.45) is 5.14 Å². The minimum Gasteiger partial charge on any atom is -0.322 e. The van der Waals surface area contributed by atoms with Gasteiger partial charge in [-0.1, -0.05) is 11.6 Å². The Labute approximate surface area is 124 Å². The van der Waals surface area contributed by atoms with Crippen LogP contribution in [0, 0.1) is 10.1 Å². The molecule has 1 aromatic carbocycles. The van der Waals surface area contributed by atoms with Gasteiger partial charge in [-0.05, 0) is 6.07 Å². The Morgan fingerprint density at radius 2 is 2.10 bits per heavy atom. The molecule has 1 heterocycles.